The van der Waals surface area contributed by atoms with Crippen molar-refractivity contribution in [2.45, 2.75) is 159 Å². The third-order valence-electron chi connectivity index (χ3n) is 11.4. The number of sulfonamides is 1. The maximum Gasteiger partial charge on any atom is 0.298 e. The van der Waals surface area contributed by atoms with Crippen molar-refractivity contribution in [1.82, 2.24) is 34.7 Å². The Hall–Kier alpha value is -3.47. The molecule has 0 amide bonds. The molecule has 348 valence electrons. The first kappa shape index (κ1) is 49.0. The molecule has 0 unspecified atom stereocenters. The predicted octanol–water partition coefficient (Wildman–Crippen LogP) is 5.53. The maximum absolute atomic E-state index is 12.3. The minimum atomic E-state index is -4.03. The number of nitrogens with one attached hydrogen (secondary N) is 4. The number of aromatic nitrogens is 6. The molecule has 0 radical (unpaired) electrons. The van der Waals surface area contributed by atoms with E-state index < -0.39 is 43.5 Å². The van der Waals surface area contributed by atoms with Crippen LogP contribution in [0.1, 0.15) is 97.9 Å². The van der Waals surface area contributed by atoms with Crippen LogP contribution in [0.25, 0.3) is 0 Å². The van der Waals surface area contributed by atoms with Crippen molar-refractivity contribution in [1.29, 1.82) is 0 Å². The van der Waals surface area contributed by atoms with Crippen molar-refractivity contribution in [3.63, 3.8) is 0 Å². The zero-order chi connectivity index (χ0) is 46.0. The minimum absolute atomic E-state index is 0.113. The van der Waals surface area contributed by atoms with E-state index in [1.54, 1.807) is 13.8 Å². The molecular formula is C42H65ClN10O7S2Si. The van der Waals surface area contributed by atoms with Crippen LogP contribution in [0.5, 0.6) is 0 Å². The van der Waals surface area contributed by atoms with E-state index in [-0.39, 0.29) is 24.4 Å². The first-order chi connectivity index (χ1) is 29.4. The number of ether oxygens (including phenoxy) is 1. The lowest BCUT2D eigenvalue weighted by molar-refractivity contribution is 0.0792. The number of H-pyrrole nitrogens is 1. The highest BCUT2D eigenvalue weighted by atomic mass is 35.7. The Morgan fingerprint density at radius 2 is 1.27 bits per heavy atom. The SMILES string of the molecule is CC(C)(O)CN.CC(C)(O)CNS(=O)(=O)c1nc(Nc2c3c(cc4c2CCC4)CCC3)n[nH]1.C[Si](C)(C)CCOCn1nc(S(=O)(=O)Cl)nc1Nc1c2c(cc3c1CCC3)CCC2. The Morgan fingerprint density at radius 3 is 1.70 bits per heavy atom. The van der Waals surface area contributed by atoms with Gasteiger partial charge in [-0.15, -0.1) is 10.2 Å². The fourth-order valence-electron chi connectivity index (χ4n) is 8.06. The molecule has 2 heterocycles. The van der Waals surface area contributed by atoms with Gasteiger partial charge >= 0.3 is 0 Å². The fraction of sp³-hybridized carbons (Fsp3) is 0.619. The van der Waals surface area contributed by atoms with E-state index in [9.17, 15) is 21.9 Å². The summed E-state index contributed by atoms with van der Waals surface area (Å²) in [6.45, 7) is 14.2. The van der Waals surface area contributed by atoms with Gasteiger partial charge in [-0.1, -0.05) is 31.8 Å². The third kappa shape index (κ3) is 13.1. The van der Waals surface area contributed by atoms with Crippen LogP contribution >= 0.6 is 10.7 Å². The molecule has 0 fully saturated rings. The van der Waals surface area contributed by atoms with Crippen LogP contribution in [-0.4, -0.2) is 96.0 Å². The molecular weight excluding hydrogens is 884 g/mol. The second-order valence-corrected chi connectivity index (χ2v) is 29.1. The van der Waals surface area contributed by atoms with Gasteiger partial charge in [0.2, 0.25) is 11.9 Å². The van der Waals surface area contributed by atoms with Gasteiger partial charge in [0.1, 0.15) is 6.73 Å². The lowest BCUT2D eigenvalue weighted by Gasteiger charge is -2.18. The number of anilines is 4. The van der Waals surface area contributed by atoms with Gasteiger partial charge < -0.3 is 31.3 Å². The van der Waals surface area contributed by atoms with Crippen LogP contribution in [0, 0.1) is 0 Å². The van der Waals surface area contributed by atoms with E-state index in [0.29, 0.717) is 19.1 Å². The number of hydrogen-bond acceptors (Lipinski definition) is 14. The van der Waals surface area contributed by atoms with Gasteiger partial charge in [-0.25, -0.2) is 31.3 Å². The number of benzene rings is 2. The summed E-state index contributed by atoms with van der Waals surface area (Å²) in [5.74, 6) is 0.602. The van der Waals surface area contributed by atoms with Gasteiger partial charge in [0, 0.05) is 49.8 Å². The van der Waals surface area contributed by atoms with Crippen molar-refractivity contribution in [3.8, 4) is 0 Å². The summed E-state index contributed by atoms with van der Waals surface area (Å²) >= 11 is 0. The lowest BCUT2D eigenvalue weighted by atomic mass is 9.99. The molecule has 0 atom stereocenters. The van der Waals surface area contributed by atoms with E-state index in [1.165, 1.54) is 63.0 Å². The van der Waals surface area contributed by atoms with Crippen LogP contribution < -0.4 is 21.1 Å². The largest absolute Gasteiger partial charge is 0.389 e. The predicted molar refractivity (Wildman–Crippen MR) is 248 cm³/mol. The number of aromatic amines is 1. The summed E-state index contributed by atoms with van der Waals surface area (Å²) in [6.07, 6.45) is 13.0. The molecule has 8 N–H and O–H groups in total. The number of halogens is 1. The highest BCUT2D eigenvalue weighted by molar-refractivity contribution is 8.13. The van der Waals surface area contributed by atoms with Gasteiger partial charge in [-0.2, -0.15) is 9.97 Å². The van der Waals surface area contributed by atoms with Gasteiger partial charge in [-0.05, 0) is 155 Å². The van der Waals surface area contributed by atoms with Crippen LogP contribution in [0.2, 0.25) is 25.7 Å². The summed E-state index contributed by atoms with van der Waals surface area (Å²) in [5.41, 5.74) is 16.2. The standard InChI is InChI=1S/C20H29ClN4O3SSi.C18H25N5O3S.C4H11NO/c1-30(2,3)11-10-28-13-25-19(23-20(24-25)29(21,26)27)22-18-16-8-4-6-14(16)12-15-7-5-9-17(15)18;1-18(2,24)10-19-27(25,26)17-21-16(22-23-17)20-15-13-7-3-5-11(13)9-12-6-4-8-14(12)15;1-4(2,6)3-5/h12H,4-11,13H2,1-3H3,(H,22,23,24);9,19,24H,3-8,10H2,1-2H3,(H2,20,21,22,23);6H,3,5H2,1-2H3. The van der Waals surface area contributed by atoms with E-state index in [1.807, 2.05) is 0 Å². The molecule has 0 spiro atoms. The zero-order valence-electron chi connectivity index (χ0n) is 37.6. The average Bonchev–Trinajstić information content (AvgIpc) is 4.04. The first-order valence-corrected chi connectivity index (χ1v) is 29.3. The van der Waals surface area contributed by atoms with E-state index in [0.717, 1.165) is 94.5 Å². The number of fused-ring (bicyclic) bond motifs is 4. The normalized spacial score (nSPS) is 15.8. The Bertz CT molecular complexity index is 2430. The van der Waals surface area contributed by atoms with Crippen LogP contribution in [-0.2, 0) is 81.9 Å². The Kier molecular flexibility index (Phi) is 15.2. The summed E-state index contributed by atoms with van der Waals surface area (Å²) < 4.78 is 58.0. The summed E-state index contributed by atoms with van der Waals surface area (Å²) in [6, 6.07) is 5.71. The lowest BCUT2D eigenvalue weighted by Crippen LogP contribution is -2.38. The van der Waals surface area contributed by atoms with Crippen molar-refractivity contribution in [2.24, 2.45) is 5.73 Å². The fourth-order valence-corrected chi connectivity index (χ4v) is 10.5. The first-order valence-electron chi connectivity index (χ1n) is 21.8. The quantitative estimate of drug-likeness (QED) is 0.0440. The van der Waals surface area contributed by atoms with Crippen molar-refractivity contribution >= 4 is 61.1 Å². The summed E-state index contributed by atoms with van der Waals surface area (Å²) in [5, 5.41) is 35.1. The molecule has 63 heavy (non-hydrogen) atoms. The highest BCUT2D eigenvalue weighted by Gasteiger charge is 2.29. The Balaban J connectivity index is 0.000000187. The van der Waals surface area contributed by atoms with Gasteiger partial charge in [-0.3, -0.25) is 0 Å². The average molecular weight is 950 g/mol. The molecule has 0 saturated carbocycles. The zero-order valence-corrected chi connectivity index (χ0v) is 41.0. The van der Waals surface area contributed by atoms with E-state index >= 15 is 0 Å². The number of hydrogen-bond donors (Lipinski definition) is 7. The summed E-state index contributed by atoms with van der Waals surface area (Å²) in [7, 11) is -3.59. The highest BCUT2D eigenvalue weighted by Crippen LogP contribution is 2.41. The van der Waals surface area contributed by atoms with Gasteiger partial charge in [0.25, 0.3) is 29.4 Å². The molecule has 21 heteroatoms. The van der Waals surface area contributed by atoms with Crippen molar-refractivity contribution < 1.29 is 31.8 Å². The third-order valence-corrected chi connectivity index (χ3v) is 15.4. The smallest absolute Gasteiger partial charge is 0.298 e. The van der Waals surface area contributed by atoms with Crippen LogP contribution in [0.4, 0.5) is 23.3 Å². The number of nitrogens with two attached hydrogens (primary N) is 1. The molecule has 0 saturated heterocycles. The van der Waals surface area contributed by atoms with Gasteiger partial charge in [0.15, 0.2) is 0 Å². The second-order valence-electron chi connectivity index (χ2n) is 19.3. The second kappa shape index (κ2) is 19.6. The van der Waals surface area contributed by atoms with Gasteiger partial charge in [0.05, 0.1) is 11.2 Å². The summed E-state index contributed by atoms with van der Waals surface area (Å²) in [4.78, 5) is 8.32. The molecule has 0 aliphatic heterocycles. The Labute approximate surface area is 377 Å². The monoisotopic (exact) mass is 948 g/mol. The number of nitrogens with zero attached hydrogens (tertiary/aromatic N) is 5. The molecule has 0 bridgehead atoms. The molecule has 2 aromatic heterocycles. The topological polar surface area (TPSA) is 252 Å². The number of rotatable bonds is 15. The van der Waals surface area contributed by atoms with E-state index in [4.69, 9.17) is 26.3 Å². The van der Waals surface area contributed by atoms with Crippen LogP contribution in [0.15, 0.2) is 22.4 Å². The molecule has 8 rings (SSSR count). The Morgan fingerprint density at radius 1 is 0.794 bits per heavy atom. The molecule has 4 aliphatic carbocycles. The van der Waals surface area contributed by atoms with Crippen LogP contribution in [0.3, 0.4) is 0 Å². The van der Waals surface area contributed by atoms with E-state index in [2.05, 4.69) is 72.4 Å². The molecule has 17 nitrogen and oxygen atoms in total. The molecule has 4 aliphatic rings. The minimum Gasteiger partial charge on any atom is -0.389 e. The van der Waals surface area contributed by atoms with Crippen molar-refractivity contribution in [2.75, 3.05) is 30.3 Å². The maximum atomic E-state index is 12.3. The molecule has 2 aromatic carbocycles. The number of aryl methyl sites for hydroxylation is 4. The molecule has 4 aromatic rings. The number of aliphatic hydroxyl groups is 2. The van der Waals surface area contributed by atoms with Crippen molar-refractivity contribution in [3.05, 3.63) is 56.6 Å².